The molecule has 0 saturated heterocycles. The number of benzene rings is 3. The summed E-state index contributed by atoms with van der Waals surface area (Å²) in [6, 6.07) is 26.2. The van der Waals surface area contributed by atoms with Crippen LogP contribution in [0.4, 0.5) is 5.69 Å². The number of nitrogens with zero attached hydrogens (tertiary/aromatic N) is 1. The Kier molecular flexibility index (Phi) is 4.93. The van der Waals surface area contributed by atoms with Gasteiger partial charge in [-0.1, -0.05) is 72.8 Å². The van der Waals surface area contributed by atoms with E-state index in [-0.39, 0.29) is 0 Å². The molecule has 0 heterocycles. The van der Waals surface area contributed by atoms with Crippen molar-refractivity contribution in [3.63, 3.8) is 0 Å². The van der Waals surface area contributed by atoms with Crippen LogP contribution in [0, 0.1) is 0 Å². The van der Waals surface area contributed by atoms with Crippen LogP contribution in [0.5, 0.6) is 0 Å². The first-order chi connectivity index (χ1) is 13.3. The van der Waals surface area contributed by atoms with Crippen LogP contribution in [0.25, 0.3) is 23.8 Å². The zero-order valence-electron chi connectivity index (χ0n) is 16.0. The smallest absolute Gasteiger partial charge is 0.0366 e. The van der Waals surface area contributed by atoms with Crippen molar-refractivity contribution in [1.29, 1.82) is 0 Å². The van der Waals surface area contributed by atoms with Gasteiger partial charge >= 0.3 is 0 Å². The van der Waals surface area contributed by atoms with E-state index in [9.17, 15) is 0 Å². The minimum atomic E-state index is 1.03. The van der Waals surface area contributed by atoms with E-state index >= 15 is 0 Å². The lowest BCUT2D eigenvalue weighted by Gasteiger charge is -2.21. The molecule has 0 saturated carbocycles. The fraction of sp³-hybridized carbons (Fsp3) is 0.154. The Labute approximate surface area is 162 Å². The molecule has 0 atom stereocenters. The van der Waals surface area contributed by atoms with Crippen molar-refractivity contribution in [3.8, 4) is 0 Å². The van der Waals surface area contributed by atoms with Crippen LogP contribution < -0.4 is 4.90 Å². The number of anilines is 1. The molecule has 0 unspecified atom stereocenters. The van der Waals surface area contributed by atoms with Crippen molar-refractivity contribution in [2.24, 2.45) is 0 Å². The predicted molar refractivity (Wildman–Crippen MR) is 119 cm³/mol. The SMILES string of the molecule is CCN(CC)c1ccc(C=C2c3ccccc3C=Cc3ccccc32)cc1. The largest absolute Gasteiger partial charge is 0.372 e. The van der Waals surface area contributed by atoms with Crippen LogP contribution in [0.1, 0.15) is 41.7 Å². The minimum Gasteiger partial charge on any atom is -0.372 e. The Morgan fingerprint density at radius 1 is 0.667 bits per heavy atom. The highest BCUT2D eigenvalue weighted by Crippen LogP contribution is 2.35. The molecule has 1 nitrogen and oxygen atoms in total. The Balaban J connectivity index is 1.82. The summed E-state index contributed by atoms with van der Waals surface area (Å²) in [5, 5.41) is 0. The fourth-order valence-electron chi connectivity index (χ4n) is 3.79. The monoisotopic (exact) mass is 351 g/mol. The van der Waals surface area contributed by atoms with Crippen LogP contribution in [-0.4, -0.2) is 13.1 Å². The fourth-order valence-corrected chi connectivity index (χ4v) is 3.79. The maximum atomic E-state index is 2.37. The van der Waals surface area contributed by atoms with Crippen molar-refractivity contribution >= 4 is 29.5 Å². The number of hydrogen-bond donors (Lipinski definition) is 0. The van der Waals surface area contributed by atoms with Gasteiger partial charge in [0.1, 0.15) is 0 Å². The van der Waals surface area contributed by atoms with Gasteiger partial charge in [-0.2, -0.15) is 0 Å². The van der Waals surface area contributed by atoms with Crippen molar-refractivity contribution < 1.29 is 0 Å². The molecular formula is C26H25N. The summed E-state index contributed by atoms with van der Waals surface area (Å²) >= 11 is 0. The van der Waals surface area contributed by atoms with Gasteiger partial charge in [-0.05, 0) is 65.4 Å². The third kappa shape index (κ3) is 3.46. The average molecular weight is 351 g/mol. The lowest BCUT2D eigenvalue weighted by Crippen LogP contribution is -2.21. The molecule has 0 aliphatic heterocycles. The number of fused-ring (bicyclic) bond motifs is 2. The molecular weight excluding hydrogens is 326 g/mol. The highest BCUT2D eigenvalue weighted by Gasteiger charge is 2.14. The zero-order valence-corrected chi connectivity index (χ0v) is 16.0. The predicted octanol–water partition coefficient (Wildman–Crippen LogP) is 6.61. The number of hydrogen-bond acceptors (Lipinski definition) is 1. The maximum absolute atomic E-state index is 2.37. The van der Waals surface area contributed by atoms with E-state index in [0.717, 1.165) is 13.1 Å². The molecule has 3 aromatic rings. The molecule has 1 aliphatic carbocycles. The van der Waals surface area contributed by atoms with Gasteiger partial charge in [0.15, 0.2) is 0 Å². The number of rotatable bonds is 4. The molecule has 134 valence electrons. The first-order valence-electron chi connectivity index (χ1n) is 9.73. The quantitative estimate of drug-likeness (QED) is 0.400. The van der Waals surface area contributed by atoms with E-state index in [0.29, 0.717) is 0 Å². The normalized spacial score (nSPS) is 12.1. The summed E-state index contributed by atoms with van der Waals surface area (Å²) in [6.45, 7) is 6.46. The second-order valence-corrected chi connectivity index (χ2v) is 6.83. The van der Waals surface area contributed by atoms with Gasteiger partial charge in [-0.3, -0.25) is 0 Å². The molecule has 0 amide bonds. The third-order valence-electron chi connectivity index (χ3n) is 5.28. The molecule has 1 heteroatoms. The summed E-state index contributed by atoms with van der Waals surface area (Å²) in [5.74, 6) is 0. The molecule has 4 rings (SSSR count). The van der Waals surface area contributed by atoms with E-state index in [1.54, 1.807) is 0 Å². The van der Waals surface area contributed by atoms with Crippen molar-refractivity contribution in [2.75, 3.05) is 18.0 Å². The van der Waals surface area contributed by atoms with E-state index in [1.807, 2.05) is 0 Å². The summed E-state index contributed by atoms with van der Waals surface area (Å²) in [7, 11) is 0. The van der Waals surface area contributed by atoms with Gasteiger partial charge in [0, 0.05) is 18.8 Å². The Bertz CT molecular complexity index is 937. The summed E-state index contributed by atoms with van der Waals surface area (Å²) in [4.78, 5) is 2.37. The molecule has 3 aromatic carbocycles. The van der Waals surface area contributed by atoms with E-state index < -0.39 is 0 Å². The van der Waals surface area contributed by atoms with Gasteiger partial charge in [-0.15, -0.1) is 0 Å². The van der Waals surface area contributed by atoms with Gasteiger partial charge in [-0.25, -0.2) is 0 Å². The highest BCUT2D eigenvalue weighted by molar-refractivity contribution is 6.00. The molecule has 0 bridgehead atoms. The lowest BCUT2D eigenvalue weighted by molar-refractivity contribution is 0.866. The first kappa shape index (κ1) is 17.4. The molecule has 1 aliphatic rings. The highest BCUT2D eigenvalue weighted by atomic mass is 15.1. The molecule has 0 fully saturated rings. The van der Waals surface area contributed by atoms with Crippen molar-refractivity contribution in [2.45, 2.75) is 13.8 Å². The average Bonchev–Trinajstić information content (AvgIpc) is 2.88. The second-order valence-electron chi connectivity index (χ2n) is 6.83. The van der Waals surface area contributed by atoms with Crippen LogP contribution in [0.3, 0.4) is 0 Å². The van der Waals surface area contributed by atoms with E-state index in [4.69, 9.17) is 0 Å². The Morgan fingerprint density at radius 2 is 1.19 bits per heavy atom. The van der Waals surface area contributed by atoms with Gasteiger partial charge in [0.25, 0.3) is 0 Å². The molecule has 0 N–H and O–H groups in total. The van der Waals surface area contributed by atoms with Gasteiger partial charge in [0.2, 0.25) is 0 Å². The van der Waals surface area contributed by atoms with Crippen LogP contribution in [0.15, 0.2) is 72.8 Å². The van der Waals surface area contributed by atoms with Crippen molar-refractivity contribution in [1.82, 2.24) is 0 Å². The summed E-state index contributed by atoms with van der Waals surface area (Å²) in [5.41, 5.74) is 8.89. The standard InChI is InChI=1S/C26H25N/c1-3-27(4-2)23-17-13-20(14-18-23)19-26-24-11-7-5-9-21(24)15-16-22-10-6-8-12-25(22)26/h5-19H,3-4H2,1-2H3. The second kappa shape index (κ2) is 7.67. The van der Waals surface area contributed by atoms with Crippen LogP contribution in [0.2, 0.25) is 0 Å². The molecule has 0 aromatic heterocycles. The molecule has 27 heavy (non-hydrogen) atoms. The lowest BCUT2D eigenvalue weighted by atomic mass is 9.92. The van der Waals surface area contributed by atoms with E-state index in [1.165, 1.54) is 39.1 Å². The van der Waals surface area contributed by atoms with Crippen molar-refractivity contribution in [3.05, 3.63) is 101 Å². The van der Waals surface area contributed by atoms with Gasteiger partial charge in [0.05, 0.1) is 0 Å². The van der Waals surface area contributed by atoms with E-state index in [2.05, 4.69) is 110 Å². The van der Waals surface area contributed by atoms with Crippen LogP contribution in [-0.2, 0) is 0 Å². The Hall–Kier alpha value is -3.06. The zero-order chi connectivity index (χ0) is 18.6. The minimum absolute atomic E-state index is 1.03. The molecule has 0 radical (unpaired) electrons. The first-order valence-corrected chi connectivity index (χ1v) is 9.73. The topological polar surface area (TPSA) is 3.24 Å². The maximum Gasteiger partial charge on any atom is 0.0366 e. The summed E-state index contributed by atoms with van der Waals surface area (Å²) < 4.78 is 0. The molecule has 0 spiro atoms. The van der Waals surface area contributed by atoms with Crippen LogP contribution >= 0.6 is 0 Å². The Morgan fingerprint density at radius 3 is 1.70 bits per heavy atom. The third-order valence-corrected chi connectivity index (χ3v) is 5.28. The summed E-state index contributed by atoms with van der Waals surface area (Å²) in [6.07, 6.45) is 6.76. The van der Waals surface area contributed by atoms with Gasteiger partial charge < -0.3 is 4.90 Å².